The van der Waals surface area contributed by atoms with Crippen molar-refractivity contribution in [1.29, 1.82) is 0 Å². The second-order valence-electron chi connectivity index (χ2n) is 7.56. The number of hydrogen-bond acceptors (Lipinski definition) is 6. The zero-order valence-electron chi connectivity index (χ0n) is 17.8. The Hall–Kier alpha value is -3.35. The van der Waals surface area contributed by atoms with Crippen molar-refractivity contribution in [2.45, 2.75) is 32.9 Å². The molecule has 0 bridgehead atoms. The fraction of sp³-hybridized carbons (Fsp3) is 0.375. The Bertz CT molecular complexity index is 987. The summed E-state index contributed by atoms with van der Waals surface area (Å²) in [6.45, 7) is 5.83. The number of amides is 1. The standard InChI is InChI=1S/C24H27N3O4/c1-3-30-19-11-9-17(10-12-19)21-20(23(29)31-4-2)22(28)26-24(25-21)27-14-13-16-7-5-6-8-18(16)15-27/h5-12,20-21H,3-4,13-15H2,1-2H3,(H,25,26,28)/t20-,21+/m0/s1. The Labute approximate surface area is 182 Å². The number of carbonyl (C=O) groups excluding carboxylic acids is 2. The summed E-state index contributed by atoms with van der Waals surface area (Å²) in [7, 11) is 0. The summed E-state index contributed by atoms with van der Waals surface area (Å²) in [5.41, 5.74) is 3.30. The molecule has 7 heteroatoms. The van der Waals surface area contributed by atoms with Crippen molar-refractivity contribution >= 4 is 17.8 Å². The van der Waals surface area contributed by atoms with Crippen LogP contribution in [-0.2, 0) is 27.3 Å². The maximum Gasteiger partial charge on any atom is 0.321 e. The maximum atomic E-state index is 13.0. The molecule has 31 heavy (non-hydrogen) atoms. The van der Waals surface area contributed by atoms with Gasteiger partial charge < -0.3 is 14.4 Å². The van der Waals surface area contributed by atoms with E-state index in [0.717, 1.165) is 24.3 Å². The van der Waals surface area contributed by atoms with Gasteiger partial charge in [-0.15, -0.1) is 0 Å². The second-order valence-corrected chi connectivity index (χ2v) is 7.56. The predicted molar refractivity (Wildman–Crippen MR) is 117 cm³/mol. The van der Waals surface area contributed by atoms with Gasteiger partial charge >= 0.3 is 5.97 Å². The van der Waals surface area contributed by atoms with Crippen LogP contribution in [0, 0.1) is 5.92 Å². The number of aliphatic imine (C=N–C) groups is 1. The molecule has 4 rings (SSSR count). The molecule has 0 spiro atoms. The van der Waals surface area contributed by atoms with Crippen molar-refractivity contribution in [2.24, 2.45) is 10.9 Å². The zero-order chi connectivity index (χ0) is 21.8. The van der Waals surface area contributed by atoms with Crippen LogP contribution in [0.4, 0.5) is 0 Å². The Balaban J connectivity index is 1.66. The van der Waals surface area contributed by atoms with Crippen LogP contribution in [0.1, 0.15) is 36.6 Å². The molecule has 0 fully saturated rings. The van der Waals surface area contributed by atoms with Crippen LogP contribution in [-0.4, -0.2) is 42.5 Å². The van der Waals surface area contributed by atoms with Crippen LogP contribution in [0.15, 0.2) is 53.5 Å². The van der Waals surface area contributed by atoms with E-state index in [9.17, 15) is 9.59 Å². The van der Waals surface area contributed by atoms with Gasteiger partial charge in [-0.25, -0.2) is 4.99 Å². The van der Waals surface area contributed by atoms with Crippen molar-refractivity contribution in [2.75, 3.05) is 19.8 Å². The molecule has 0 aliphatic carbocycles. The van der Waals surface area contributed by atoms with Crippen LogP contribution in [0.5, 0.6) is 5.75 Å². The van der Waals surface area contributed by atoms with Gasteiger partial charge in [-0.1, -0.05) is 36.4 Å². The van der Waals surface area contributed by atoms with Gasteiger partial charge in [0.25, 0.3) is 0 Å². The minimum absolute atomic E-state index is 0.206. The Morgan fingerprint density at radius 3 is 2.55 bits per heavy atom. The highest BCUT2D eigenvalue weighted by Crippen LogP contribution is 2.32. The predicted octanol–water partition coefficient (Wildman–Crippen LogP) is 2.85. The van der Waals surface area contributed by atoms with Crippen LogP contribution < -0.4 is 10.1 Å². The lowest BCUT2D eigenvalue weighted by atomic mass is 9.91. The monoisotopic (exact) mass is 421 g/mol. The first kappa shape index (κ1) is 20.9. The molecule has 0 saturated heterocycles. The summed E-state index contributed by atoms with van der Waals surface area (Å²) in [4.78, 5) is 32.5. The van der Waals surface area contributed by atoms with Gasteiger partial charge in [0, 0.05) is 13.1 Å². The van der Waals surface area contributed by atoms with Crippen molar-refractivity contribution in [3.05, 3.63) is 65.2 Å². The molecular weight excluding hydrogens is 394 g/mol. The maximum absolute atomic E-state index is 13.0. The SMILES string of the molecule is CCOC(=O)[C@@H]1C(=O)NC(N2CCc3ccccc3C2)=N[C@@H]1c1ccc(OCC)cc1. The average molecular weight is 421 g/mol. The van der Waals surface area contributed by atoms with Gasteiger partial charge in [-0.05, 0) is 49.1 Å². The van der Waals surface area contributed by atoms with E-state index in [1.54, 1.807) is 6.92 Å². The van der Waals surface area contributed by atoms with Crippen LogP contribution >= 0.6 is 0 Å². The summed E-state index contributed by atoms with van der Waals surface area (Å²) in [5.74, 6) is -0.749. The average Bonchev–Trinajstić information content (AvgIpc) is 2.79. The minimum atomic E-state index is -1.03. The molecular formula is C24H27N3O4. The third-order valence-corrected chi connectivity index (χ3v) is 5.60. The molecule has 2 aromatic carbocycles. The minimum Gasteiger partial charge on any atom is -0.494 e. The van der Waals surface area contributed by atoms with Gasteiger partial charge in [-0.3, -0.25) is 14.9 Å². The molecule has 0 saturated carbocycles. The first-order chi connectivity index (χ1) is 15.1. The number of benzene rings is 2. The van der Waals surface area contributed by atoms with Crippen molar-refractivity contribution in [3.8, 4) is 5.75 Å². The van der Waals surface area contributed by atoms with Crippen LogP contribution in [0.25, 0.3) is 0 Å². The van der Waals surface area contributed by atoms with Gasteiger partial charge in [0.05, 0.1) is 13.2 Å². The Morgan fingerprint density at radius 2 is 1.84 bits per heavy atom. The number of fused-ring (bicyclic) bond motifs is 1. The van der Waals surface area contributed by atoms with Gasteiger partial charge in [0.15, 0.2) is 5.92 Å². The number of nitrogens with zero attached hydrogens (tertiary/aromatic N) is 2. The number of esters is 1. The number of rotatable bonds is 5. The molecule has 1 N–H and O–H groups in total. The molecule has 0 unspecified atom stereocenters. The van der Waals surface area contributed by atoms with Crippen molar-refractivity contribution in [1.82, 2.24) is 10.2 Å². The second kappa shape index (κ2) is 9.20. The molecule has 2 aliphatic heterocycles. The summed E-state index contributed by atoms with van der Waals surface area (Å²) < 4.78 is 10.7. The van der Waals surface area contributed by atoms with E-state index in [-0.39, 0.29) is 12.5 Å². The topological polar surface area (TPSA) is 80.2 Å². The van der Waals surface area contributed by atoms with Gasteiger partial charge in [0.1, 0.15) is 11.8 Å². The van der Waals surface area contributed by atoms with E-state index < -0.39 is 17.9 Å². The molecule has 1 amide bonds. The molecule has 162 valence electrons. The summed E-state index contributed by atoms with van der Waals surface area (Å²) in [6, 6.07) is 15.0. The Kier molecular flexibility index (Phi) is 6.21. The lowest BCUT2D eigenvalue weighted by Gasteiger charge is -2.36. The zero-order valence-corrected chi connectivity index (χ0v) is 17.8. The van der Waals surface area contributed by atoms with Crippen LogP contribution in [0.3, 0.4) is 0 Å². The van der Waals surface area contributed by atoms with E-state index in [2.05, 4.69) is 22.3 Å². The summed E-state index contributed by atoms with van der Waals surface area (Å²) in [6.07, 6.45) is 0.875. The first-order valence-electron chi connectivity index (χ1n) is 10.7. The molecule has 0 aromatic heterocycles. The number of hydrogen-bond donors (Lipinski definition) is 1. The highest BCUT2D eigenvalue weighted by atomic mass is 16.5. The largest absolute Gasteiger partial charge is 0.494 e. The van der Waals surface area contributed by atoms with E-state index in [1.807, 2.05) is 43.3 Å². The molecule has 0 radical (unpaired) electrons. The fourth-order valence-electron chi connectivity index (χ4n) is 4.07. The third kappa shape index (κ3) is 4.40. The third-order valence-electron chi connectivity index (χ3n) is 5.60. The van der Waals surface area contributed by atoms with E-state index >= 15 is 0 Å². The highest BCUT2D eigenvalue weighted by molar-refractivity contribution is 6.08. The quantitative estimate of drug-likeness (QED) is 0.593. The summed E-state index contributed by atoms with van der Waals surface area (Å²) >= 11 is 0. The van der Waals surface area contributed by atoms with Crippen LogP contribution in [0.2, 0.25) is 0 Å². The molecule has 2 atom stereocenters. The molecule has 2 heterocycles. The number of nitrogens with one attached hydrogen (secondary N) is 1. The lowest BCUT2D eigenvalue weighted by Crippen LogP contribution is -2.53. The normalized spacial score (nSPS) is 20.4. The molecule has 2 aliphatic rings. The number of ether oxygens (including phenoxy) is 2. The highest BCUT2D eigenvalue weighted by Gasteiger charge is 2.42. The summed E-state index contributed by atoms with van der Waals surface area (Å²) in [5, 5.41) is 2.85. The van der Waals surface area contributed by atoms with Gasteiger partial charge in [-0.2, -0.15) is 0 Å². The molecule has 2 aromatic rings. The first-order valence-corrected chi connectivity index (χ1v) is 10.7. The smallest absolute Gasteiger partial charge is 0.321 e. The fourth-order valence-corrected chi connectivity index (χ4v) is 4.07. The lowest BCUT2D eigenvalue weighted by molar-refractivity contribution is -0.153. The molecule has 7 nitrogen and oxygen atoms in total. The number of guanidine groups is 1. The Morgan fingerprint density at radius 1 is 1.10 bits per heavy atom. The number of carbonyl (C=O) groups is 2. The van der Waals surface area contributed by atoms with Gasteiger partial charge in [0.2, 0.25) is 11.9 Å². The van der Waals surface area contributed by atoms with E-state index in [4.69, 9.17) is 14.5 Å². The van der Waals surface area contributed by atoms with E-state index in [1.165, 1.54) is 11.1 Å². The van der Waals surface area contributed by atoms with Crippen molar-refractivity contribution in [3.63, 3.8) is 0 Å². The van der Waals surface area contributed by atoms with Crippen molar-refractivity contribution < 1.29 is 19.1 Å². The van der Waals surface area contributed by atoms with E-state index in [0.29, 0.717) is 19.1 Å².